The number of amides is 1. The lowest BCUT2D eigenvalue weighted by Gasteiger charge is -2.10. The Morgan fingerprint density at radius 2 is 2.00 bits per heavy atom. The number of benzene rings is 1. The minimum absolute atomic E-state index is 0.213. The van der Waals surface area contributed by atoms with Crippen LogP contribution in [-0.2, 0) is 4.79 Å². The standard InChI is InChI=1S/C11H10ClN3O/c1-15-9(10(16)14-11(15)13)6-7-2-4-8(12)5-3-7/h2-6H,1H3,(H2,13,14,16)/b9-6-. The van der Waals surface area contributed by atoms with E-state index in [2.05, 4.69) is 4.99 Å². The quantitative estimate of drug-likeness (QED) is 0.750. The van der Waals surface area contributed by atoms with Crippen molar-refractivity contribution in [1.82, 2.24) is 4.90 Å². The zero-order valence-corrected chi connectivity index (χ0v) is 9.40. The Morgan fingerprint density at radius 1 is 1.38 bits per heavy atom. The first kappa shape index (κ1) is 10.7. The fourth-order valence-corrected chi connectivity index (χ4v) is 1.50. The number of hydrogen-bond acceptors (Lipinski definition) is 3. The summed E-state index contributed by atoms with van der Waals surface area (Å²) in [5.41, 5.74) is 6.87. The predicted octanol–water partition coefficient (Wildman–Crippen LogP) is 1.47. The minimum atomic E-state index is -0.324. The Hall–Kier alpha value is -1.81. The van der Waals surface area contributed by atoms with Crippen molar-refractivity contribution in [2.45, 2.75) is 0 Å². The normalized spacial score (nSPS) is 18.1. The summed E-state index contributed by atoms with van der Waals surface area (Å²) >= 11 is 5.77. The number of rotatable bonds is 1. The molecule has 16 heavy (non-hydrogen) atoms. The molecule has 82 valence electrons. The van der Waals surface area contributed by atoms with Crippen LogP contribution in [0.5, 0.6) is 0 Å². The van der Waals surface area contributed by atoms with E-state index < -0.39 is 0 Å². The van der Waals surface area contributed by atoms with Crippen molar-refractivity contribution in [2.24, 2.45) is 10.7 Å². The van der Waals surface area contributed by atoms with Gasteiger partial charge in [0.2, 0.25) is 5.96 Å². The molecule has 2 rings (SSSR count). The predicted molar refractivity (Wildman–Crippen MR) is 63.8 cm³/mol. The Bertz CT molecular complexity index is 490. The zero-order valence-electron chi connectivity index (χ0n) is 8.64. The number of carbonyl (C=O) groups is 1. The summed E-state index contributed by atoms with van der Waals surface area (Å²) < 4.78 is 0. The van der Waals surface area contributed by atoms with Crippen molar-refractivity contribution >= 4 is 29.5 Å². The Kier molecular flexibility index (Phi) is 2.66. The monoisotopic (exact) mass is 235 g/mol. The van der Waals surface area contributed by atoms with Gasteiger partial charge in [-0.25, -0.2) is 0 Å². The zero-order chi connectivity index (χ0) is 11.7. The second-order valence-corrected chi connectivity index (χ2v) is 3.85. The highest BCUT2D eigenvalue weighted by Crippen LogP contribution is 2.17. The highest BCUT2D eigenvalue weighted by atomic mass is 35.5. The van der Waals surface area contributed by atoms with E-state index in [9.17, 15) is 4.79 Å². The molecule has 0 aliphatic carbocycles. The first-order valence-corrected chi connectivity index (χ1v) is 5.05. The van der Waals surface area contributed by atoms with E-state index in [0.29, 0.717) is 10.7 Å². The van der Waals surface area contributed by atoms with Crippen LogP contribution >= 0.6 is 11.6 Å². The van der Waals surface area contributed by atoms with Gasteiger partial charge in [-0.05, 0) is 23.8 Å². The molecule has 4 nitrogen and oxygen atoms in total. The number of guanidine groups is 1. The number of carbonyl (C=O) groups excluding carboxylic acids is 1. The molecule has 0 aromatic heterocycles. The molecule has 1 heterocycles. The van der Waals surface area contributed by atoms with Crippen molar-refractivity contribution in [1.29, 1.82) is 0 Å². The van der Waals surface area contributed by atoms with Crippen LogP contribution in [0.4, 0.5) is 0 Å². The van der Waals surface area contributed by atoms with Crippen LogP contribution in [0.1, 0.15) is 5.56 Å². The van der Waals surface area contributed by atoms with Crippen LogP contribution < -0.4 is 5.73 Å². The molecule has 1 aromatic carbocycles. The number of aliphatic imine (C=N–C) groups is 1. The third kappa shape index (κ3) is 1.92. The van der Waals surface area contributed by atoms with Gasteiger partial charge in [0.05, 0.1) is 0 Å². The molecule has 0 saturated heterocycles. The minimum Gasteiger partial charge on any atom is -0.369 e. The van der Waals surface area contributed by atoms with Crippen LogP contribution in [-0.4, -0.2) is 23.8 Å². The Morgan fingerprint density at radius 3 is 2.50 bits per heavy atom. The third-order valence-corrected chi connectivity index (χ3v) is 2.57. The summed E-state index contributed by atoms with van der Waals surface area (Å²) in [5, 5.41) is 0.656. The van der Waals surface area contributed by atoms with Crippen LogP contribution in [0.25, 0.3) is 6.08 Å². The summed E-state index contributed by atoms with van der Waals surface area (Å²) in [6, 6.07) is 7.17. The van der Waals surface area contributed by atoms with Gasteiger partial charge in [-0.3, -0.25) is 4.79 Å². The van der Waals surface area contributed by atoms with Gasteiger partial charge < -0.3 is 10.6 Å². The second-order valence-electron chi connectivity index (χ2n) is 3.42. The topological polar surface area (TPSA) is 58.7 Å². The highest BCUT2D eigenvalue weighted by molar-refractivity contribution is 6.30. The van der Waals surface area contributed by atoms with Crippen molar-refractivity contribution in [3.8, 4) is 0 Å². The molecular formula is C11H10ClN3O. The molecule has 5 heteroatoms. The maximum absolute atomic E-state index is 11.5. The number of nitrogens with two attached hydrogens (primary N) is 1. The number of hydrogen-bond donors (Lipinski definition) is 1. The number of nitrogens with zero attached hydrogens (tertiary/aromatic N) is 2. The summed E-state index contributed by atoms with van der Waals surface area (Å²) in [4.78, 5) is 16.7. The molecule has 1 aliphatic heterocycles. The van der Waals surface area contributed by atoms with Gasteiger partial charge in [0.1, 0.15) is 5.70 Å². The van der Waals surface area contributed by atoms with Gasteiger partial charge >= 0.3 is 0 Å². The largest absolute Gasteiger partial charge is 0.369 e. The lowest BCUT2D eigenvalue weighted by Crippen LogP contribution is -2.28. The number of likely N-dealkylation sites (N-methyl/N-ethyl adjacent to an activating group) is 1. The maximum atomic E-state index is 11.5. The molecule has 0 fully saturated rings. The summed E-state index contributed by atoms with van der Waals surface area (Å²) in [5.74, 6) is -0.111. The summed E-state index contributed by atoms with van der Waals surface area (Å²) in [6.45, 7) is 0. The van der Waals surface area contributed by atoms with Gasteiger partial charge in [-0.15, -0.1) is 0 Å². The summed E-state index contributed by atoms with van der Waals surface area (Å²) in [7, 11) is 1.70. The van der Waals surface area contributed by atoms with Gasteiger partial charge in [-0.2, -0.15) is 4.99 Å². The Balaban J connectivity index is 2.32. The molecule has 1 amide bonds. The molecule has 1 aliphatic rings. The van der Waals surface area contributed by atoms with E-state index in [0.717, 1.165) is 5.56 Å². The van der Waals surface area contributed by atoms with Gasteiger partial charge in [0.25, 0.3) is 5.91 Å². The van der Waals surface area contributed by atoms with E-state index in [1.54, 1.807) is 30.2 Å². The first-order chi connectivity index (χ1) is 7.58. The average molecular weight is 236 g/mol. The van der Waals surface area contributed by atoms with Crippen LogP contribution in [0.2, 0.25) is 5.02 Å². The van der Waals surface area contributed by atoms with Crippen LogP contribution in [0.3, 0.4) is 0 Å². The average Bonchev–Trinajstić information content (AvgIpc) is 2.48. The maximum Gasteiger partial charge on any atom is 0.296 e. The highest BCUT2D eigenvalue weighted by Gasteiger charge is 2.23. The smallest absolute Gasteiger partial charge is 0.296 e. The van der Waals surface area contributed by atoms with Gasteiger partial charge in [0, 0.05) is 12.1 Å². The molecule has 0 atom stereocenters. The van der Waals surface area contributed by atoms with Gasteiger partial charge in [-0.1, -0.05) is 23.7 Å². The van der Waals surface area contributed by atoms with Gasteiger partial charge in [0.15, 0.2) is 0 Å². The van der Waals surface area contributed by atoms with E-state index in [1.807, 2.05) is 12.1 Å². The molecule has 0 saturated carbocycles. The fourth-order valence-electron chi connectivity index (χ4n) is 1.38. The molecule has 0 radical (unpaired) electrons. The molecule has 1 aromatic rings. The molecule has 2 N–H and O–H groups in total. The van der Waals surface area contributed by atoms with Crippen LogP contribution in [0.15, 0.2) is 35.0 Å². The molecule has 0 spiro atoms. The SMILES string of the molecule is CN1C(N)=NC(=O)/C1=C/c1ccc(Cl)cc1. The fraction of sp³-hybridized carbons (Fsp3) is 0.0909. The van der Waals surface area contributed by atoms with Crippen molar-refractivity contribution in [3.05, 3.63) is 40.5 Å². The molecular weight excluding hydrogens is 226 g/mol. The van der Waals surface area contributed by atoms with Crippen molar-refractivity contribution in [2.75, 3.05) is 7.05 Å². The van der Waals surface area contributed by atoms with Crippen LogP contribution in [0, 0.1) is 0 Å². The first-order valence-electron chi connectivity index (χ1n) is 4.67. The number of halogens is 1. The molecule has 0 unspecified atom stereocenters. The molecule has 0 bridgehead atoms. The Labute approximate surface area is 98.0 Å². The van der Waals surface area contributed by atoms with E-state index in [1.165, 1.54) is 0 Å². The second kappa shape index (κ2) is 3.98. The van der Waals surface area contributed by atoms with E-state index in [4.69, 9.17) is 17.3 Å². The third-order valence-electron chi connectivity index (χ3n) is 2.31. The van der Waals surface area contributed by atoms with E-state index in [-0.39, 0.29) is 11.9 Å². The van der Waals surface area contributed by atoms with Crippen molar-refractivity contribution in [3.63, 3.8) is 0 Å². The lowest BCUT2D eigenvalue weighted by atomic mass is 10.2. The lowest BCUT2D eigenvalue weighted by molar-refractivity contribution is -0.114. The van der Waals surface area contributed by atoms with Crippen molar-refractivity contribution < 1.29 is 4.79 Å². The van der Waals surface area contributed by atoms with E-state index >= 15 is 0 Å². The summed E-state index contributed by atoms with van der Waals surface area (Å²) in [6.07, 6.45) is 1.72.